The van der Waals surface area contributed by atoms with Gasteiger partial charge in [-0.3, -0.25) is 15.0 Å². The zero-order chi connectivity index (χ0) is 13.4. The summed E-state index contributed by atoms with van der Waals surface area (Å²) in [4.78, 5) is 17.3. The fourth-order valence-electron chi connectivity index (χ4n) is 2.68. The van der Waals surface area contributed by atoms with Gasteiger partial charge in [-0.1, -0.05) is 6.92 Å². The van der Waals surface area contributed by atoms with Gasteiger partial charge in [0, 0.05) is 25.2 Å². The van der Waals surface area contributed by atoms with Crippen LogP contribution < -0.4 is 0 Å². The van der Waals surface area contributed by atoms with Crippen molar-refractivity contribution in [2.75, 3.05) is 13.1 Å². The molecule has 1 aliphatic rings. The van der Waals surface area contributed by atoms with Gasteiger partial charge in [-0.25, -0.2) is 4.98 Å². The van der Waals surface area contributed by atoms with Gasteiger partial charge < -0.3 is 4.57 Å². The third-order valence-corrected chi connectivity index (χ3v) is 3.57. The molecule has 2 aromatic rings. The van der Waals surface area contributed by atoms with Crippen LogP contribution in [0.3, 0.4) is 0 Å². The van der Waals surface area contributed by atoms with Crippen LogP contribution in [0.5, 0.6) is 0 Å². The first-order valence-electron chi connectivity index (χ1n) is 6.55. The molecule has 6 heteroatoms. The smallest absolute Gasteiger partial charge is 0.271 e. The number of nitro groups is 1. The van der Waals surface area contributed by atoms with Gasteiger partial charge in [-0.05, 0) is 19.0 Å². The number of hydrogen-bond acceptors (Lipinski definition) is 4. The molecular formula is C13H16N4O2. The number of benzene rings is 1. The van der Waals surface area contributed by atoms with Gasteiger partial charge in [0.25, 0.3) is 5.69 Å². The molecule has 1 aromatic heterocycles. The number of fused-ring (bicyclic) bond motifs is 3. The van der Waals surface area contributed by atoms with Crippen LogP contribution in [0.1, 0.15) is 19.2 Å². The van der Waals surface area contributed by atoms with Gasteiger partial charge in [-0.15, -0.1) is 0 Å². The number of rotatable bonds is 3. The molecule has 0 N–H and O–H groups in total. The van der Waals surface area contributed by atoms with E-state index in [1.54, 1.807) is 18.2 Å². The van der Waals surface area contributed by atoms with Gasteiger partial charge >= 0.3 is 0 Å². The Kier molecular flexibility index (Phi) is 2.94. The van der Waals surface area contributed by atoms with Gasteiger partial charge in [0.15, 0.2) is 0 Å². The number of nitro benzene ring substituents is 1. The molecule has 0 saturated carbocycles. The molecule has 0 fully saturated rings. The highest BCUT2D eigenvalue weighted by molar-refractivity contribution is 5.78. The normalized spacial score (nSPS) is 15.6. The highest BCUT2D eigenvalue weighted by Gasteiger charge is 2.20. The second-order valence-corrected chi connectivity index (χ2v) is 4.89. The predicted molar refractivity (Wildman–Crippen MR) is 72.0 cm³/mol. The summed E-state index contributed by atoms with van der Waals surface area (Å²) in [6, 6.07) is 4.92. The van der Waals surface area contributed by atoms with E-state index < -0.39 is 0 Å². The van der Waals surface area contributed by atoms with E-state index in [1.807, 2.05) is 0 Å². The molecule has 0 saturated heterocycles. The lowest BCUT2D eigenvalue weighted by Crippen LogP contribution is -2.34. The lowest BCUT2D eigenvalue weighted by atomic mass is 10.2. The Morgan fingerprint density at radius 1 is 1.42 bits per heavy atom. The Bertz CT molecular complexity index is 635. The van der Waals surface area contributed by atoms with Crippen LogP contribution in [0.2, 0.25) is 0 Å². The van der Waals surface area contributed by atoms with Crippen molar-refractivity contribution < 1.29 is 4.92 Å². The number of aromatic nitrogens is 2. The van der Waals surface area contributed by atoms with E-state index in [4.69, 9.17) is 0 Å². The highest BCUT2D eigenvalue weighted by Crippen LogP contribution is 2.24. The maximum Gasteiger partial charge on any atom is 0.271 e. The van der Waals surface area contributed by atoms with E-state index in [-0.39, 0.29) is 10.6 Å². The molecule has 0 atom stereocenters. The summed E-state index contributed by atoms with van der Waals surface area (Å²) < 4.78 is 2.17. The number of hydrogen-bond donors (Lipinski definition) is 0. The molecule has 0 spiro atoms. The Labute approximate surface area is 110 Å². The zero-order valence-electron chi connectivity index (χ0n) is 10.9. The maximum absolute atomic E-state index is 10.8. The molecule has 0 amide bonds. The van der Waals surface area contributed by atoms with E-state index in [1.165, 1.54) is 0 Å². The van der Waals surface area contributed by atoms with E-state index in [9.17, 15) is 10.1 Å². The van der Waals surface area contributed by atoms with Crippen molar-refractivity contribution in [2.24, 2.45) is 0 Å². The molecule has 0 bridgehead atoms. The van der Waals surface area contributed by atoms with Crippen LogP contribution >= 0.6 is 0 Å². The summed E-state index contributed by atoms with van der Waals surface area (Å²) in [5.74, 6) is 1.01. The van der Waals surface area contributed by atoms with Crippen molar-refractivity contribution in [3.8, 4) is 0 Å². The number of imidazole rings is 1. The van der Waals surface area contributed by atoms with Crippen molar-refractivity contribution >= 4 is 16.7 Å². The summed E-state index contributed by atoms with van der Waals surface area (Å²) in [7, 11) is 0. The lowest BCUT2D eigenvalue weighted by Gasteiger charge is -2.27. The van der Waals surface area contributed by atoms with Crippen molar-refractivity contribution in [3.05, 3.63) is 34.1 Å². The van der Waals surface area contributed by atoms with Crippen LogP contribution in [0.4, 0.5) is 5.69 Å². The first-order valence-corrected chi connectivity index (χ1v) is 6.55. The van der Waals surface area contributed by atoms with E-state index in [0.717, 1.165) is 49.5 Å². The van der Waals surface area contributed by atoms with Crippen molar-refractivity contribution in [1.29, 1.82) is 0 Å². The molecule has 1 aliphatic heterocycles. The standard InChI is InChI=1S/C13H16N4O2/c1-2-5-15-6-7-16-12-4-3-10(17(18)19)8-11(12)14-13(16)9-15/h3-4,8H,2,5-7,9H2,1H3. The SMILES string of the molecule is CCCN1CCn2c(nc3cc([N+](=O)[O-])ccc32)C1. The first kappa shape index (κ1) is 12.1. The molecule has 3 rings (SSSR count). The summed E-state index contributed by atoms with van der Waals surface area (Å²) in [6.07, 6.45) is 1.13. The molecule has 1 aromatic carbocycles. The second kappa shape index (κ2) is 4.62. The Morgan fingerprint density at radius 2 is 2.26 bits per heavy atom. The average molecular weight is 260 g/mol. The molecule has 19 heavy (non-hydrogen) atoms. The van der Waals surface area contributed by atoms with Crippen LogP contribution in [0.25, 0.3) is 11.0 Å². The van der Waals surface area contributed by atoms with Gasteiger partial charge in [0.05, 0.1) is 22.5 Å². The van der Waals surface area contributed by atoms with Gasteiger partial charge in [0.1, 0.15) is 5.82 Å². The molecule has 0 unspecified atom stereocenters. The number of non-ortho nitro benzene ring substituents is 1. The van der Waals surface area contributed by atoms with Crippen LogP contribution in [0.15, 0.2) is 18.2 Å². The first-order chi connectivity index (χ1) is 9.19. The van der Waals surface area contributed by atoms with E-state index in [0.29, 0.717) is 0 Å². The Morgan fingerprint density at radius 3 is 3.00 bits per heavy atom. The molecule has 2 heterocycles. The van der Waals surface area contributed by atoms with Crippen molar-refractivity contribution in [1.82, 2.24) is 14.5 Å². The molecule has 6 nitrogen and oxygen atoms in total. The number of nitrogens with zero attached hydrogens (tertiary/aromatic N) is 4. The average Bonchev–Trinajstić information content (AvgIpc) is 2.75. The summed E-state index contributed by atoms with van der Waals surface area (Å²) in [5, 5.41) is 10.8. The second-order valence-electron chi connectivity index (χ2n) is 4.89. The topological polar surface area (TPSA) is 64.2 Å². The monoisotopic (exact) mass is 260 g/mol. The largest absolute Gasteiger partial charge is 0.326 e. The van der Waals surface area contributed by atoms with E-state index in [2.05, 4.69) is 21.4 Å². The van der Waals surface area contributed by atoms with E-state index >= 15 is 0 Å². The summed E-state index contributed by atoms with van der Waals surface area (Å²) in [6.45, 7) is 5.99. The molecule has 0 aliphatic carbocycles. The van der Waals surface area contributed by atoms with Crippen LogP contribution in [0, 0.1) is 10.1 Å². The minimum Gasteiger partial charge on any atom is -0.326 e. The minimum atomic E-state index is -0.374. The molecule has 100 valence electrons. The third-order valence-electron chi connectivity index (χ3n) is 3.57. The van der Waals surface area contributed by atoms with Crippen molar-refractivity contribution in [3.63, 3.8) is 0 Å². The summed E-state index contributed by atoms with van der Waals surface area (Å²) >= 11 is 0. The Hall–Kier alpha value is -1.95. The molecule has 0 radical (unpaired) electrons. The molecular weight excluding hydrogens is 244 g/mol. The zero-order valence-corrected chi connectivity index (χ0v) is 10.9. The maximum atomic E-state index is 10.8. The quantitative estimate of drug-likeness (QED) is 0.626. The van der Waals surface area contributed by atoms with Crippen LogP contribution in [-0.4, -0.2) is 32.5 Å². The summed E-state index contributed by atoms with van der Waals surface area (Å²) in [5.41, 5.74) is 1.83. The lowest BCUT2D eigenvalue weighted by molar-refractivity contribution is -0.384. The van der Waals surface area contributed by atoms with Gasteiger partial charge in [0.2, 0.25) is 0 Å². The van der Waals surface area contributed by atoms with Gasteiger partial charge in [-0.2, -0.15) is 0 Å². The van der Waals surface area contributed by atoms with Crippen molar-refractivity contribution in [2.45, 2.75) is 26.4 Å². The fraction of sp³-hybridized carbons (Fsp3) is 0.462. The minimum absolute atomic E-state index is 0.105. The highest BCUT2D eigenvalue weighted by atomic mass is 16.6. The fourth-order valence-corrected chi connectivity index (χ4v) is 2.68. The Balaban J connectivity index is 2.00. The predicted octanol–water partition coefficient (Wildman–Crippen LogP) is 2.17. The van der Waals surface area contributed by atoms with Crippen LogP contribution in [-0.2, 0) is 13.1 Å². The third kappa shape index (κ3) is 2.08.